The van der Waals surface area contributed by atoms with Gasteiger partial charge in [0.2, 0.25) is 5.91 Å². The minimum atomic E-state index is -2.99. The minimum absolute atomic E-state index is 0.0743. The van der Waals surface area contributed by atoms with E-state index < -0.39 is 9.84 Å². The van der Waals surface area contributed by atoms with E-state index in [0.29, 0.717) is 30.6 Å². The zero-order chi connectivity index (χ0) is 16.6. The summed E-state index contributed by atoms with van der Waals surface area (Å²) in [4.78, 5) is 14.0. The summed E-state index contributed by atoms with van der Waals surface area (Å²) < 4.78 is 28.9. The predicted molar refractivity (Wildman–Crippen MR) is 88.7 cm³/mol. The highest BCUT2D eigenvalue weighted by Gasteiger charge is 2.36. The number of hydrogen-bond acceptors (Lipinski definition) is 4. The first-order valence-electron chi connectivity index (χ1n) is 8.18. The molecule has 1 saturated heterocycles. The van der Waals surface area contributed by atoms with Gasteiger partial charge in [0.1, 0.15) is 11.5 Å². The molecule has 1 aliphatic carbocycles. The summed E-state index contributed by atoms with van der Waals surface area (Å²) in [6, 6.07) is 3.64. The maximum atomic E-state index is 12.4. The predicted octanol–water partition coefficient (Wildman–Crippen LogP) is 2.45. The van der Waals surface area contributed by atoms with Gasteiger partial charge in [-0.25, -0.2) is 8.42 Å². The number of furan rings is 1. The topological polar surface area (TPSA) is 67.6 Å². The Bertz CT molecular complexity index is 719. The molecule has 0 unspecified atom stereocenters. The zero-order valence-electron chi connectivity index (χ0n) is 13.6. The lowest BCUT2D eigenvalue weighted by Gasteiger charge is -2.25. The van der Waals surface area contributed by atoms with Gasteiger partial charge in [0, 0.05) is 24.6 Å². The highest BCUT2D eigenvalue weighted by atomic mass is 32.2. The van der Waals surface area contributed by atoms with Crippen LogP contribution in [0.1, 0.15) is 44.1 Å². The molecule has 3 rings (SSSR count). The van der Waals surface area contributed by atoms with E-state index in [1.807, 2.05) is 19.1 Å². The summed E-state index contributed by atoms with van der Waals surface area (Å²) in [5, 5.41) is 0. The summed E-state index contributed by atoms with van der Waals surface area (Å²) in [5.41, 5.74) is 0. The van der Waals surface area contributed by atoms with E-state index in [-0.39, 0.29) is 23.5 Å². The molecular formula is C17H23NO4S. The Morgan fingerprint density at radius 2 is 2.17 bits per heavy atom. The maximum absolute atomic E-state index is 12.4. The van der Waals surface area contributed by atoms with Gasteiger partial charge in [0.25, 0.3) is 0 Å². The minimum Gasteiger partial charge on any atom is -0.461 e. The van der Waals surface area contributed by atoms with Gasteiger partial charge in [-0.3, -0.25) is 4.79 Å². The van der Waals surface area contributed by atoms with Crippen LogP contribution in [0.25, 0.3) is 6.08 Å². The van der Waals surface area contributed by atoms with E-state index in [1.54, 1.807) is 11.0 Å². The van der Waals surface area contributed by atoms with Gasteiger partial charge < -0.3 is 9.32 Å². The maximum Gasteiger partial charge on any atom is 0.246 e. The van der Waals surface area contributed by atoms with Crippen molar-refractivity contribution in [3.05, 3.63) is 29.7 Å². The first kappa shape index (κ1) is 16.3. The van der Waals surface area contributed by atoms with E-state index in [2.05, 4.69) is 6.92 Å². The summed E-state index contributed by atoms with van der Waals surface area (Å²) in [6.45, 7) is 4.57. The molecule has 23 heavy (non-hydrogen) atoms. The molecule has 126 valence electrons. The van der Waals surface area contributed by atoms with Crippen LogP contribution in [0.3, 0.4) is 0 Å². The largest absolute Gasteiger partial charge is 0.461 e. The van der Waals surface area contributed by atoms with Crippen LogP contribution in [-0.2, 0) is 14.6 Å². The van der Waals surface area contributed by atoms with Crippen LogP contribution >= 0.6 is 0 Å². The lowest BCUT2D eigenvalue weighted by molar-refractivity contribution is -0.127. The van der Waals surface area contributed by atoms with Crippen LogP contribution in [0.2, 0.25) is 0 Å². The van der Waals surface area contributed by atoms with Gasteiger partial charge in [-0.2, -0.15) is 0 Å². The fraction of sp³-hybridized carbons (Fsp3) is 0.588. The summed E-state index contributed by atoms with van der Waals surface area (Å²) >= 11 is 0. The van der Waals surface area contributed by atoms with Gasteiger partial charge in [-0.1, -0.05) is 6.92 Å². The van der Waals surface area contributed by atoms with Crippen molar-refractivity contribution in [1.29, 1.82) is 0 Å². The molecule has 2 fully saturated rings. The Labute approximate surface area is 137 Å². The normalized spacial score (nSPS) is 29.0. The quantitative estimate of drug-likeness (QED) is 0.774. The summed E-state index contributed by atoms with van der Waals surface area (Å²) in [7, 11) is -2.99. The molecule has 0 radical (unpaired) electrons. The first-order valence-corrected chi connectivity index (χ1v) is 10.0. The SMILES string of the molecule is CCN(C(=O)/C=C/c1ccc([C@@H]2C[C@@H]2C)o1)[C@H]1CCS(=O)(=O)C1. The van der Waals surface area contributed by atoms with Crippen molar-refractivity contribution < 1.29 is 17.6 Å². The number of sulfone groups is 1. The molecule has 1 saturated carbocycles. The van der Waals surface area contributed by atoms with Crippen molar-refractivity contribution in [1.82, 2.24) is 4.90 Å². The Kier molecular flexibility index (Phi) is 4.36. The molecule has 3 atom stereocenters. The Balaban J connectivity index is 1.63. The number of carbonyl (C=O) groups excluding carboxylic acids is 1. The average molecular weight is 337 g/mol. The van der Waals surface area contributed by atoms with E-state index in [1.165, 1.54) is 6.08 Å². The third-order valence-electron chi connectivity index (χ3n) is 4.79. The van der Waals surface area contributed by atoms with Crippen molar-refractivity contribution in [3.63, 3.8) is 0 Å². The molecule has 2 heterocycles. The number of carbonyl (C=O) groups is 1. The summed E-state index contributed by atoms with van der Waals surface area (Å²) in [5.74, 6) is 2.94. The fourth-order valence-corrected chi connectivity index (χ4v) is 4.97. The molecule has 5 nitrogen and oxygen atoms in total. The van der Waals surface area contributed by atoms with Crippen LogP contribution < -0.4 is 0 Å². The van der Waals surface area contributed by atoms with E-state index in [4.69, 9.17) is 4.42 Å². The van der Waals surface area contributed by atoms with Gasteiger partial charge in [0.15, 0.2) is 9.84 Å². The molecule has 0 aromatic carbocycles. The number of amides is 1. The summed E-state index contributed by atoms with van der Waals surface area (Å²) in [6.07, 6.45) is 4.84. The van der Waals surface area contributed by atoms with Crippen LogP contribution in [0.5, 0.6) is 0 Å². The van der Waals surface area contributed by atoms with Crippen molar-refractivity contribution >= 4 is 21.8 Å². The number of likely N-dealkylation sites (N-methyl/N-ethyl adjacent to an activating group) is 1. The van der Waals surface area contributed by atoms with Crippen LogP contribution in [0.15, 0.2) is 22.6 Å². The van der Waals surface area contributed by atoms with Crippen LogP contribution in [0.4, 0.5) is 0 Å². The lowest BCUT2D eigenvalue weighted by atomic mass is 10.2. The van der Waals surface area contributed by atoms with Gasteiger partial charge in [-0.05, 0) is 43.9 Å². The second-order valence-corrected chi connectivity index (χ2v) is 8.80. The smallest absolute Gasteiger partial charge is 0.246 e. The van der Waals surface area contributed by atoms with Crippen LogP contribution in [-0.4, -0.2) is 43.3 Å². The highest BCUT2D eigenvalue weighted by molar-refractivity contribution is 7.91. The standard InChI is InChI=1S/C17H23NO4S/c1-3-18(13-8-9-23(20,21)11-13)17(19)7-5-14-4-6-16(22-14)15-10-12(15)2/h4-7,12-13,15H,3,8-11H2,1-2H3/b7-5+/t12-,13-,15+/m0/s1. The van der Waals surface area contributed by atoms with Gasteiger partial charge >= 0.3 is 0 Å². The van der Waals surface area contributed by atoms with Gasteiger partial charge in [0.05, 0.1) is 11.5 Å². The third kappa shape index (κ3) is 3.68. The zero-order valence-corrected chi connectivity index (χ0v) is 14.4. The van der Waals surface area contributed by atoms with Crippen LogP contribution in [0, 0.1) is 5.92 Å². The first-order chi connectivity index (χ1) is 10.9. The average Bonchev–Trinajstić information content (AvgIpc) is 2.90. The van der Waals surface area contributed by atoms with E-state index in [9.17, 15) is 13.2 Å². The molecule has 1 aliphatic heterocycles. The second kappa shape index (κ2) is 6.15. The third-order valence-corrected chi connectivity index (χ3v) is 6.54. The second-order valence-electron chi connectivity index (χ2n) is 6.57. The van der Waals surface area contributed by atoms with Crippen molar-refractivity contribution in [2.24, 2.45) is 5.92 Å². The molecule has 0 N–H and O–H groups in total. The van der Waals surface area contributed by atoms with Crippen molar-refractivity contribution in [3.8, 4) is 0 Å². The highest BCUT2D eigenvalue weighted by Crippen LogP contribution is 2.47. The number of rotatable bonds is 5. The molecule has 1 amide bonds. The molecule has 1 aromatic rings. The molecule has 1 aromatic heterocycles. The Hall–Kier alpha value is -1.56. The monoisotopic (exact) mass is 337 g/mol. The van der Waals surface area contributed by atoms with E-state index in [0.717, 1.165) is 12.2 Å². The van der Waals surface area contributed by atoms with Gasteiger partial charge in [-0.15, -0.1) is 0 Å². The lowest BCUT2D eigenvalue weighted by Crippen LogP contribution is -2.39. The molecular weight excluding hydrogens is 314 g/mol. The molecule has 0 spiro atoms. The Morgan fingerprint density at radius 1 is 1.43 bits per heavy atom. The van der Waals surface area contributed by atoms with E-state index >= 15 is 0 Å². The fourth-order valence-electron chi connectivity index (χ4n) is 3.24. The molecule has 0 bridgehead atoms. The Morgan fingerprint density at radius 3 is 2.74 bits per heavy atom. The molecule has 2 aliphatic rings. The number of hydrogen-bond donors (Lipinski definition) is 0. The van der Waals surface area contributed by atoms with Crippen molar-refractivity contribution in [2.45, 2.75) is 38.6 Å². The molecule has 6 heteroatoms. The number of nitrogens with zero attached hydrogens (tertiary/aromatic N) is 1. The van der Waals surface area contributed by atoms with Crippen molar-refractivity contribution in [2.75, 3.05) is 18.1 Å².